The van der Waals surface area contributed by atoms with E-state index in [0.717, 1.165) is 30.2 Å². The maximum absolute atomic E-state index is 5.51. The van der Waals surface area contributed by atoms with E-state index < -0.39 is 0 Å². The molecule has 1 aliphatic heterocycles. The molecule has 0 atom stereocenters. The maximum Gasteiger partial charge on any atom is 0.200 e. The second-order valence-corrected chi connectivity index (χ2v) is 4.30. The Bertz CT molecular complexity index is 500. The molecule has 2 heterocycles. The Morgan fingerprint density at radius 1 is 1.38 bits per heavy atom. The molecule has 0 unspecified atom stereocenters. The summed E-state index contributed by atoms with van der Waals surface area (Å²) in [6.07, 6.45) is 1.75. The van der Waals surface area contributed by atoms with Crippen LogP contribution < -0.4 is 5.32 Å². The van der Waals surface area contributed by atoms with Crippen LogP contribution >= 0.6 is 0 Å². The van der Waals surface area contributed by atoms with Crippen molar-refractivity contribution < 1.29 is 4.42 Å². The summed E-state index contributed by atoms with van der Waals surface area (Å²) >= 11 is 0. The number of oxazole rings is 1. The second-order valence-electron chi connectivity index (χ2n) is 4.30. The van der Waals surface area contributed by atoms with Crippen molar-refractivity contribution in [3.05, 3.63) is 42.0 Å². The van der Waals surface area contributed by atoms with E-state index in [2.05, 4.69) is 35.4 Å². The van der Waals surface area contributed by atoms with Gasteiger partial charge in [0.05, 0.1) is 5.92 Å². The van der Waals surface area contributed by atoms with Crippen LogP contribution in [0.15, 0.2) is 34.9 Å². The predicted octanol–water partition coefficient (Wildman–Crippen LogP) is 2.34. The Morgan fingerprint density at radius 2 is 2.25 bits per heavy atom. The third-order valence-electron chi connectivity index (χ3n) is 2.97. The van der Waals surface area contributed by atoms with Crippen LogP contribution in [0.1, 0.15) is 17.4 Å². The van der Waals surface area contributed by atoms with Crippen LogP contribution in [0.2, 0.25) is 0 Å². The SMILES string of the molecule is Cc1cccc(-c2coc(C3CNC3)n2)c1. The second kappa shape index (κ2) is 3.76. The Morgan fingerprint density at radius 3 is 2.94 bits per heavy atom. The first-order valence-corrected chi connectivity index (χ1v) is 5.56. The van der Waals surface area contributed by atoms with Gasteiger partial charge in [0.1, 0.15) is 12.0 Å². The molecule has 1 aromatic heterocycles. The topological polar surface area (TPSA) is 38.1 Å². The zero-order valence-electron chi connectivity index (χ0n) is 9.23. The minimum absolute atomic E-state index is 0.457. The average Bonchev–Trinajstić information content (AvgIpc) is 2.64. The number of aryl methyl sites for hydroxylation is 1. The first-order chi connectivity index (χ1) is 7.83. The summed E-state index contributed by atoms with van der Waals surface area (Å²) in [7, 11) is 0. The lowest BCUT2D eigenvalue weighted by atomic mass is 10.0. The molecule has 0 radical (unpaired) electrons. The Hall–Kier alpha value is -1.61. The lowest BCUT2D eigenvalue weighted by Crippen LogP contribution is -2.40. The summed E-state index contributed by atoms with van der Waals surface area (Å²) in [5, 5.41) is 3.22. The van der Waals surface area contributed by atoms with Gasteiger partial charge in [-0.3, -0.25) is 0 Å². The summed E-state index contributed by atoms with van der Waals surface area (Å²) in [5.41, 5.74) is 3.31. The third kappa shape index (κ3) is 1.63. The Labute approximate surface area is 94.5 Å². The number of rotatable bonds is 2. The largest absolute Gasteiger partial charge is 0.448 e. The highest BCUT2D eigenvalue weighted by atomic mass is 16.3. The van der Waals surface area contributed by atoms with Crippen LogP contribution in [0, 0.1) is 6.92 Å². The molecule has 3 rings (SSSR count). The van der Waals surface area contributed by atoms with Gasteiger partial charge in [0, 0.05) is 18.7 Å². The number of hydrogen-bond acceptors (Lipinski definition) is 3. The third-order valence-corrected chi connectivity index (χ3v) is 2.97. The van der Waals surface area contributed by atoms with Crippen molar-refractivity contribution in [1.29, 1.82) is 0 Å². The highest BCUT2D eigenvalue weighted by molar-refractivity contribution is 5.58. The summed E-state index contributed by atoms with van der Waals surface area (Å²) in [5.74, 6) is 1.31. The molecule has 0 bridgehead atoms. The van der Waals surface area contributed by atoms with Crippen molar-refractivity contribution >= 4 is 0 Å². The van der Waals surface area contributed by atoms with Crippen LogP contribution in [0.4, 0.5) is 0 Å². The Balaban J connectivity index is 1.91. The first-order valence-electron chi connectivity index (χ1n) is 5.56. The van der Waals surface area contributed by atoms with Gasteiger partial charge in [-0.2, -0.15) is 0 Å². The van der Waals surface area contributed by atoms with E-state index >= 15 is 0 Å². The fraction of sp³-hybridized carbons (Fsp3) is 0.308. The van der Waals surface area contributed by atoms with E-state index in [9.17, 15) is 0 Å². The van der Waals surface area contributed by atoms with Crippen LogP contribution in [-0.4, -0.2) is 18.1 Å². The summed E-state index contributed by atoms with van der Waals surface area (Å²) < 4.78 is 5.51. The normalized spacial score (nSPS) is 16.1. The molecule has 1 aliphatic rings. The van der Waals surface area contributed by atoms with Crippen molar-refractivity contribution in [2.75, 3.05) is 13.1 Å². The van der Waals surface area contributed by atoms with Crippen molar-refractivity contribution in [2.45, 2.75) is 12.8 Å². The highest BCUT2D eigenvalue weighted by Crippen LogP contribution is 2.24. The summed E-state index contributed by atoms with van der Waals surface area (Å²) in [6.45, 7) is 4.04. The van der Waals surface area contributed by atoms with E-state index in [-0.39, 0.29) is 0 Å². The molecule has 0 amide bonds. The van der Waals surface area contributed by atoms with Crippen molar-refractivity contribution in [2.24, 2.45) is 0 Å². The van der Waals surface area contributed by atoms with Crippen LogP contribution in [0.25, 0.3) is 11.3 Å². The van der Waals surface area contributed by atoms with E-state index in [1.807, 2.05) is 6.07 Å². The number of benzene rings is 1. The molecule has 0 spiro atoms. The van der Waals surface area contributed by atoms with Gasteiger partial charge in [-0.1, -0.05) is 23.8 Å². The maximum atomic E-state index is 5.51. The summed E-state index contributed by atoms with van der Waals surface area (Å²) in [6, 6.07) is 8.32. The Kier molecular flexibility index (Phi) is 2.26. The number of hydrogen-bond donors (Lipinski definition) is 1. The van der Waals surface area contributed by atoms with E-state index in [4.69, 9.17) is 4.42 Å². The zero-order chi connectivity index (χ0) is 11.0. The molecule has 0 saturated carbocycles. The highest BCUT2D eigenvalue weighted by Gasteiger charge is 2.23. The van der Waals surface area contributed by atoms with Gasteiger partial charge in [-0.15, -0.1) is 0 Å². The predicted molar refractivity (Wildman–Crippen MR) is 62.3 cm³/mol. The molecule has 1 fully saturated rings. The van der Waals surface area contributed by atoms with E-state index in [1.54, 1.807) is 6.26 Å². The van der Waals surface area contributed by atoms with Gasteiger partial charge in [-0.25, -0.2) is 4.98 Å². The van der Waals surface area contributed by atoms with Crippen molar-refractivity contribution in [3.63, 3.8) is 0 Å². The van der Waals surface area contributed by atoms with Crippen LogP contribution in [-0.2, 0) is 0 Å². The molecule has 0 aliphatic carbocycles. The summed E-state index contributed by atoms with van der Waals surface area (Å²) in [4.78, 5) is 4.54. The molecule has 3 heteroatoms. The molecule has 1 saturated heterocycles. The van der Waals surface area contributed by atoms with Crippen molar-refractivity contribution in [1.82, 2.24) is 10.3 Å². The quantitative estimate of drug-likeness (QED) is 0.833. The number of nitrogens with zero attached hydrogens (tertiary/aromatic N) is 1. The van der Waals surface area contributed by atoms with Gasteiger partial charge in [0.2, 0.25) is 0 Å². The van der Waals surface area contributed by atoms with Gasteiger partial charge < -0.3 is 9.73 Å². The lowest BCUT2D eigenvalue weighted by molar-refractivity contribution is 0.357. The van der Waals surface area contributed by atoms with Crippen LogP contribution in [0.5, 0.6) is 0 Å². The number of nitrogens with one attached hydrogen (secondary N) is 1. The fourth-order valence-corrected chi connectivity index (χ4v) is 1.88. The molecular formula is C13H14N2O. The standard InChI is InChI=1S/C13H14N2O/c1-9-3-2-4-10(5-9)12-8-16-13(15-12)11-6-14-7-11/h2-5,8,11,14H,6-7H2,1H3. The lowest BCUT2D eigenvalue weighted by Gasteiger charge is -2.23. The minimum Gasteiger partial charge on any atom is -0.448 e. The molecule has 1 N–H and O–H groups in total. The minimum atomic E-state index is 0.457. The van der Waals surface area contributed by atoms with Crippen molar-refractivity contribution in [3.8, 4) is 11.3 Å². The first kappa shape index (κ1) is 9.60. The molecular weight excluding hydrogens is 200 g/mol. The van der Waals surface area contributed by atoms with Gasteiger partial charge in [0.15, 0.2) is 5.89 Å². The fourth-order valence-electron chi connectivity index (χ4n) is 1.88. The number of aromatic nitrogens is 1. The molecule has 82 valence electrons. The molecule has 2 aromatic rings. The monoisotopic (exact) mass is 214 g/mol. The van der Waals surface area contributed by atoms with Gasteiger partial charge in [-0.05, 0) is 13.0 Å². The molecule has 3 nitrogen and oxygen atoms in total. The molecule has 1 aromatic carbocycles. The molecule has 16 heavy (non-hydrogen) atoms. The van der Waals surface area contributed by atoms with E-state index in [0.29, 0.717) is 5.92 Å². The van der Waals surface area contributed by atoms with Gasteiger partial charge in [0.25, 0.3) is 0 Å². The smallest absolute Gasteiger partial charge is 0.200 e. The van der Waals surface area contributed by atoms with Crippen LogP contribution in [0.3, 0.4) is 0 Å². The average molecular weight is 214 g/mol. The van der Waals surface area contributed by atoms with Gasteiger partial charge >= 0.3 is 0 Å². The zero-order valence-corrected chi connectivity index (χ0v) is 9.23. The van der Waals surface area contributed by atoms with E-state index in [1.165, 1.54) is 5.56 Å².